The first-order valence-electron chi connectivity index (χ1n) is 23.4. The van der Waals surface area contributed by atoms with E-state index in [9.17, 15) is 14.7 Å². The van der Waals surface area contributed by atoms with Crippen LogP contribution in [-0.4, -0.2) is 100 Å². The molecule has 0 aliphatic rings. The van der Waals surface area contributed by atoms with Crippen molar-refractivity contribution < 1.29 is 43.1 Å². The summed E-state index contributed by atoms with van der Waals surface area (Å²) in [5.74, 6) is 24.7. The van der Waals surface area contributed by atoms with Crippen molar-refractivity contribution in [2.75, 3.05) is 65.9 Å². The second-order valence-corrected chi connectivity index (χ2v) is 14.7. The number of aliphatic hydroxyl groups excluding tert-OH is 1. The Kier molecular flexibility index (Phi) is 44.6. The van der Waals surface area contributed by atoms with Crippen LogP contribution in [0.25, 0.3) is 0 Å². The number of hydrogen-bond acceptors (Lipinski definition) is 10. The Hall–Kier alpha value is -3.06. The number of carbonyl (C=O) groups is 2. The molecule has 0 spiro atoms. The average molecular weight is 842 g/mol. The normalized spacial score (nSPS) is 10.7. The largest absolute Gasteiger partial charge is 0.466 e. The lowest BCUT2D eigenvalue weighted by molar-refractivity contribution is -0.157. The number of ether oxygens (including phenoxy) is 6. The van der Waals surface area contributed by atoms with Crippen LogP contribution in [-0.2, 0) is 38.0 Å². The molecule has 0 saturated heterocycles. The van der Waals surface area contributed by atoms with E-state index in [-0.39, 0.29) is 31.4 Å². The van der Waals surface area contributed by atoms with E-state index in [0.29, 0.717) is 84.7 Å². The summed E-state index contributed by atoms with van der Waals surface area (Å²) in [6.45, 7) is 13.3. The summed E-state index contributed by atoms with van der Waals surface area (Å²) in [6, 6.07) is 0. The Morgan fingerprint density at radius 3 is 1.05 bits per heavy atom. The smallest absolute Gasteiger partial charge is 0.305 e. The maximum absolute atomic E-state index is 12.5. The van der Waals surface area contributed by atoms with Crippen LogP contribution in [0, 0.1) is 47.4 Å². The van der Waals surface area contributed by atoms with Crippen LogP contribution in [0.4, 0.5) is 0 Å². The van der Waals surface area contributed by atoms with Crippen molar-refractivity contribution in [1.82, 2.24) is 4.90 Å². The highest BCUT2D eigenvalue weighted by Crippen LogP contribution is 2.10. The van der Waals surface area contributed by atoms with Crippen LogP contribution >= 0.6 is 0 Å². The SMILES string of the molecule is CCCCC#CCCOC(CCC(=O)OCCCCN(CCO)CCCCOC(=O)CCC(OCCC#CCCCC)OCCC#CCCCC)OCCC#CCCCC. The van der Waals surface area contributed by atoms with Crippen molar-refractivity contribution in [3.05, 3.63) is 0 Å². The van der Waals surface area contributed by atoms with E-state index in [1.165, 1.54) is 0 Å². The van der Waals surface area contributed by atoms with Gasteiger partial charge >= 0.3 is 11.9 Å². The molecule has 0 aromatic heterocycles. The van der Waals surface area contributed by atoms with Crippen LogP contribution in [0.2, 0.25) is 0 Å². The number of carbonyl (C=O) groups excluding carboxylic acids is 2. The fourth-order valence-corrected chi connectivity index (χ4v) is 5.50. The summed E-state index contributed by atoms with van der Waals surface area (Å²) in [4.78, 5) is 27.2. The minimum absolute atomic E-state index is 0.0638. The molecule has 0 aromatic carbocycles. The number of rotatable bonds is 38. The van der Waals surface area contributed by atoms with Gasteiger partial charge in [-0.1, -0.05) is 53.4 Å². The Bertz CT molecular complexity index is 1100. The van der Waals surface area contributed by atoms with Crippen LogP contribution < -0.4 is 0 Å². The van der Waals surface area contributed by atoms with Gasteiger partial charge in [-0.2, -0.15) is 0 Å². The molecule has 0 aliphatic heterocycles. The predicted molar refractivity (Wildman–Crippen MR) is 241 cm³/mol. The predicted octanol–water partition coefficient (Wildman–Crippen LogP) is 9.54. The van der Waals surface area contributed by atoms with E-state index < -0.39 is 12.6 Å². The highest BCUT2D eigenvalue weighted by Gasteiger charge is 2.15. The second-order valence-electron chi connectivity index (χ2n) is 14.7. The van der Waals surface area contributed by atoms with Gasteiger partial charge < -0.3 is 38.4 Å². The number of hydrogen-bond donors (Lipinski definition) is 1. The summed E-state index contributed by atoms with van der Waals surface area (Å²) >= 11 is 0. The van der Waals surface area contributed by atoms with Crippen LogP contribution in [0.15, 0.2) is 0 Å². The minimum Gasteiger partial charge on any atom is -0.466 e. The monoisotopic (exact) mass is 842 g/mol. The molecule has 0 rings (SSSR count). The van der Waals surface area contributed by atoms with Gasteiger partial charge in [0.1, 0.15) is 0 Å². The molecule has 0 aromatic rings. The standard InChI is InChI=1S/C50H83NO9/c1-5-9-13-17-21-27-43-57-49(58-44-28-22-18-14-10-6-2)35-33-47(53)55-41-31-25-37-51(39-40-52)38-26-32-42-56-48(54)34-36-50(59-45-29-23-19-15-11-7-3)60-46-30-24-20-16-12-8-4/h49-50,52H,5-16,25-46H2,1-4H3. The third-order valence-electron chi connectivity index (χ3n) is 9.09. The molecule has 0 fully saturated rings. The Morgan fingerprint density at radius 1 is 0.433 bits per heavy atom. The number of aliphatic hydroxyl groups is 1. The van der Waals surface area contributed by atoms with Crippen LogP contribution in [0.1, 0.15) is 182 Å². The van der Waals surface area contributed by atoms with Crippen molar-refractivity contribution in [2.24, 2.45) is 0 Å². The lowest BCUT2D eigenvalue weighted by atomic mass is 10.2. The van der Waals surface area contributed by atoms with Gasteiger partial charge in [0.05, 0.1) is 59.1 Å². The lowest BCUT2D eigenvalue weighted by Crippen LogP contribution is -2.29. The van der Waals surface area contributed by atoms with Crippen molar-refractivity contribution in [3.63, 3.8) is 0 Å². The summed E-state index contributed by atoms with van der Waals surface area (Å²) < 4.78 is 34.7. The molecule has 60 heavy (non-hydrogen) atoms. The lowest BCUT2D eigenvalue weighted by Gasteiger charge is -2.21. The van der Waals surface area contributed by atoms with Crippen LogP contribution in [0.5, 0.6) is 0 Å². The van der Waals surface area contributed by atoms with Gasteiger partial charge in [-0.15, -0.1) is 47.4 Å². The van der Waals surface area contributed by atoms with Gasteiger partial charge in [0.15, 0.2) is 12.6 Å². The molecule has 342 valence electrons. The number of unbranched alkanes of at least 4 members (excludes halogenated alkanes) is 10. The molecule has 0 amide bonds. The molecule has 0 bridgehead atoms. The van der Waals surface area contributed by atoms with E-state index in [2.05, 4.69) is 80.0 Å². The molecule has 0 atom stereocenters. The molecule has 0 radical (unpaired) electrons. The van der Waals surface area contributed by atoms with Crippen molar-refractivity contribution >= 4 is 11.9 Å². The van der Waals surface area contributed by atoms with E-state index in [4.69, 9.17) is 28.4 Å². The molecule has 0 unspecified atom stereocenters. The maximum atomic E-state index is 12.5. The van der Waals surface area contributed by atoms with Gasteiger partial charge in [0.25, 0.3) is 0 Å². The zero-order valence-electron chi connectivity index (χ0n) is 38.4. The summed E-state index contributed by atoms with van der Waals surface area (Å²) in [5, 5.41) is 9.59. The second kappa shape index (κ2) is 47.0. The molecule has 0 heterocycles. The van der Waals surface area contributed by atoms with Crippen LogP contribution in [0.3, 0.4) is 0 Å². The first-order valence-corrected chi connectivity index (χ1v) is 23.4. The van der Waals surface area contributed by atoms with Gasteiger partial charge in [0, 0.05) is 70.8 Å². The van der Waals surface area contributed by atoms with Crippen molar-refractivity contribution in [2.45, 2.75) is 194 Å². The first kappa shape index (κ1) is 56.9. The fraction of sp³-hybridized carbons (Fsp3) is 0.800. The zero-order chi connectivity index (χ0) is 43.8. The quantitative estimate of drug-likeness (QED) is 0.0279. The highest BCUT2D eigenvalue weighted by molar-refractivity contribution is 5.69. The molecular weight excluding hydrogens is 759 g/mol. The average Bonchev–Trinajstić information content (AvgIpc) is 3.25. The van der Waals surface area contributed by atoms with Gasteiger partial charge in [-0.25, -0.2) is 0 Å². The minimum atomic E-state index is -0.499. The highest BCUT2D eigenvalue weighted by atomic mass is 16.7. The zero-order valence-corrected chi connectivity index (χ0v) is 38.4. The molecule has 0 saturated carbocycles. The molecule has 1 N–H and O–H groups in total. The van der Waals surface area contributed by atoms with Gasteiger partial charge in [-0.3, -0.25) is 9.59 Å². The third kappa shape index (κ3) is 41.7. The molecule has 0 aliphatic carbocycles. The van der Waals surface area contributed by atoms with E-state index >= 15 is 0 Å². The van der Waals surface area contributed by atoms with Gasteiger partial charge in [0.2, 0.25) is 0 Å². The van der Waals surface area contributed by atoms with E-state index in [1.807, 2.05) is 0 Å². The topological polar surface area (TPSA) is 113 Å². The number of esters is 2. The Labute approximate surface area is 366 Å². The van der Waals surface area contributed by atoms with E-state index in [0.717, 1.165) is 116 Å². The number of nitrogens with zero attached hydrogens (tertiary/aromatic N) is 1. The maximum Gasteiger partial charge on any atom is 0.305 e. The van der Waals surface area contributed by atoms with Crippen molar-refractivity contribution in [1.29, 1.82) is 0 Å². The molecule has 10 nitrogen and oxygen atoms in total. The summed E-state index contributed by atoms with van der Waals surface area (Å²) in [6.07, 6.45) is 18.4. The van der Waals surface area contributed by atoms with Gasteiger partial charge in [-0.05, 0) is 64.5 Å². The Balaban J connectivity index is 4.47. The third-order valence-corrected chi connectivity index (χ3v) is 9.09. The first-order chi connectivity index (χ1) is 29.5. The fourth-order valence-electron chi connectivity index (χ4n) is 5.50. The molecule has 10 heteroatoms. The summed E-state index contributed by atoms with van der Waals surface area (Å²) in [7, 11) is 0. The van der Waals surface area contributed by atoms with Crippen molar-refractivity contribution in [3.8, 4) is 47.4 Å². The van der Waals surface area contributed by atoms with E-state index in [1.54, 1.807) is 0 Å². The Morgan fingerprint density at radius 2 is 0.750 bits per heavy atom. The summed E-state index contributed by atoms with van der Waals surface area (Å²) in [5.41, 5.74) is 0. The molecular formula is C50H83NO9.